The maximum Gasteiger partial charge on any atom is 0.325 e. The summed E-state index contributed by atoms with van der Waals surface area (Å²) in [6.45, 7) is 1.66. The van der Waals surface area contributed by atoms with Crippen molar-refractivity contribution in [3.8, 4) is 5.75 Å². The van der Waals surface area contributed by atoms with Gasteiger partial charge in [-0.25, -0.2) is 0 Å². The minimum absolute atomic E-state index is 0.00340. The fraction of sp³-hybridized carbons (Fsp3) is 0.522. The fourth-order valence-corrected chi connectivity index (χ4v) is 3.18. The van der Waals surface area contributed by atoms with Crippen LogP contribution >= 0.6 is 0 Å². The summed E-state index contributed by atoms with van der Waals surface area (Å²) in [5, 5.41) is 34.7. The van der Waals surface area contributed by atoms with Crippen molar-refractivity contribution in [1.82, 2.24) is 16.0 Å². The molecule has 13 heteroatoms. The van der Waals surface area contributed by atoms with E-state index >= 15 is 0 Å². The molecule has 0 radical (unpaired) electrons. The van der Waals surface area contributed by atoms with Gasteiger partial charge in [-0.05, 0) is 50.4 Å². The van der Waals surface area contributed by atoms with Gasteiger partial charge in [0.15, 0.2) is 0 Å². The van der Waals surface area contributed by atoms with Crippen LogP contribution in [0.2, 0.25) is 0 Å². The van der Waals surface area contributed by atoms with Gasteiger partial charge in [-0.2, -0.15) is 0 Å². The van der Waals surface area contributed by atoms with Crippen molar-refractivity contribution < 1.29 is 39.3 Å². The molecule has 3 amide bonds. The second kappa shape index (κ2) is 15.3. The lowest BCUT2D eigenvalue weighted by molar-refractivity contribution is -0.142. The maximum absolute atomic E-state index is 13.1. The second-order valence-corrected chi connectivity index (χ2v) is 8.38. The summed E-state index contributed by atoms with van der Waals surface area (Å²) in [6, 6.07) is 1.16. The van der Waals surface area contributed by atoms with Gasteiger partial charge in [0, 0.05) is 12.8 Å². The van der Waals surface area contributed by atoms with Crippen LogP contribution in [-0.2, 0) is 30.4 Å². The zero-order chi connectivity index (χ0) is 27.3. The molecule has 4 atom stereocenters. The third kappa shape index (κ3) is 11.1. The van der Waals surface area contributed by atoms with Crippen LogP contribution in [0.4, 0.5) is 0 Å². The Labute approximate surface area is 208 Å². The number of amides is 3. The van der Waals surface area contributed by atoms with Gasteiger partial charge in [0.2, 0.25) is 17.7 Å². The molecule has 4 unspecified atom stereocenters. The first-order valence-electron chi connectivity index (χ1n) is 11.5. The SMILES string of the molecule is CC(NC(=O)C(CCC(=O)O)NC(=O)C(Cc1ccc(O)cc1)NC(=O)C(N)CCCCN)C(=O)O. The highest BCUT2D eigenvalue weighted by Crippen LogP contribution is 2.12. The van der Waals surface area contributed by atoms with Gasteiger partial charge < -0.3 is 42.7 Å². The summed E-state index contributed by atoms with van der Waals surface area (Å²) >= 11 is 0. The van der Waals surface area contributed by atoms with Crippen LogP contribution in [-0.4, -0.2) is 75.7 Å². The number of carboxylic acid groups (broad SMARTS) is 2. The van der Waals surface area contributed by atoms with Gasteiger partial charge >= 0.3 is 11.9 Å². The van der Waals surface area contributed by atoms with E-state index in [1.165, 1.54) is 19.1 Å². The Bertz CT molecular complexity index is 908. The fourth-order valence-electron chi connectivity index (χ4n) is 3.18. The number of rotatable bonds is 16. The molecule has 0 aliphatic carbocycles. The van der Waals surface area contributed by atoms with E-state index in [4.69, 9.17) is 21.7 Å². The molecule has 1 aromatic rings. The zero-order valence-electron chi connectivity index (χ0n) is 20.1. The first-order chi connectivity index (χ1) is 16.9. The lowest BCUT2D eigenvalue weighted by Crippen LogP contribution is -2.57. The van der Waals surface area contributed by atoms with Gasteiger partial charge in [-0.15, -0.1) is 0 Å². The normalized spacial score (nSPS) is 14.1. The summed E-state index contributed by atoms with van der Waals surface area (Å²) in [7, 11) is 0. The average Bonchev–Trinajstić information content (AvgIpc) is 2.82. The van der Waals surface area contributed by atoms with Crippen LogP contribution < -0.4 is 27.4 Å². The highest BCUT2D eigenvalue weighted by Gasteiger charge is 2.30. The van der Waals surface area contributed by atoms with Crippen molar-refractivity contribution in [2.45, 2.75) is 69.6 Å². The van der Waals surface area contributed by atoms with E-state index in [0.29, 0.717) is 31.4 Å². The van der Waals surface area contributed by atoms with Crippen LogP contribution in [0, 0.1) is 0 Å². The van der Waals surface area contributed by atoms with E-state index in [-0.39, 0.29) is 18.6 Å². The molecule has 0 bridgehead atoms. The van der Waals surface area contributed by atoms with Crippen molar-refractivity contribution >= 4 is 29.7 Å². The minimum atomic E-state index is -1.37. The number of hydrogen-bond acceptors (Lipinski definition) is 8. The van der Waals surface area contributed by atoms with Crippen molar-refractivity contribution in [2.75, 3.05) is 6.54 Å². The van der Waals surface area contributed by atoms with Gasteiger partial charge in [-0.1, -0.05) is 18.6 Å². The third-order valence-corrected chi connectivity index (χ3v) is 5.32. The van der Waals surface area contributed by atoms with Crippen molar-refractivity contribution in [3.63, 3.8) is 0 Å². The Kier molecular flexibility index (Phi) is 12.9. The predicted octanol–water partition coefficient (Wildman–Crippen LogP) is -1.19. The molecule has 0 saturated carbocycles. The van der Waals surface area contributed by atoms with Crippen LogP contribution in [0.15, 0.2) is 24.3 Å². The summed E-state index contributed by atoms with van der Waals surface area (Å²) in [6.07, 6.45) is 0.824. The number of carbonyl (C=O) groups is 5. The molecule has 0 aliphatic rings. The quantitative estimate of drug-likeness (QED) is 0.124. The van der Waals surface area contributed by atoms with Gasteiger partial charge in [0.05, 0.1) is 6.04 Å². The summed E-state index contributed by atoms with van der Waals surface area (Å²) < 4.78 is 0. The standard InChI is InChI=1S/C23H35N5O8/c1-13(23(35)36)26-21(33)17(9-10-19(30)31)27-22(34)18(12-14-5-7-15(29)8-6-14)28-20(32)16(25)4-2-3-11-24/h5-8,13,16-18,29H,2-4,9-12,24-25H2,1H3,(H,26,33)(H,27,34)(H,28,32)(H,30,31)(H,35,36). The van der Waals surface area contributed by atoms with Crippen molar-refractivity contribution in [1.29, 1.82) is 0 Å². The Hall–Kier alpha value is -3.71. The Morgan fingerprint density at radius 1 is 0.861 bits per heavy atom. The molecule has 0 spiro atoms. The number of nitrogens with one attached hydrogen (secondary N) is 3. The predicted molar refractivity (Wildman–Crippen MR) is 129 cm³/mol. The summed E-state index contributed by atoms with van der Waals surface area (Å²) in [5.41, 5.74) is 12.0. The number of aromatic hydroxyl groups is 1. The van der Waals surface area contributed by atoms with E-state index in [2.05, 4.69) is 16.0 Å². The number of carboxylic acids is 2. The molecule has 1 aromatic carbocycles. The molecule has 0 aromatic heterocycles. The monoisotopic (exact) mass is 509 g/mol. The molecular formula is C23H35N5O8. The molecule has 36 heavy (non-hydrogen) atoms. The van der Waals surface area contributed by atoms with Crippen molar-refractivity contribution in [2.24, 2.45) is 11.5 Å². The van der Waals surface area contributed by atoms with E-state index in [1.54, 1.807) is 12.1 Å². The highest BCUT2D eigenvalue weighted by molar-refractivity contribution is 5.94. The number of nitrogens with two attached hydrogens (primary N) is 2. The number of hydrogen-bond donors (Lipinski definition) is 8. The van der Waals surface area contributed by atoms with Crippen LogP contribution in [0.25, 0.3) is 0 Å². The van der Waals surface area contributed by atoms with Crippen LogP contribution in [0.1, 0.15) is 44.6 Å². The molecular weight excluding hydrogens is 474 g/mol. The molecule has 0 fully saturated rings. The number of phenolic OH excluding ortho intramolecular Hbond substituents is 1. The van der Waals surface area contributed by atoms with Gasteiger partial charge in [-0.3, -0.25) is 24.0 Å². The molecule has 1 rings (SSSR count). The molecule has 0 heterocycles. The average molecular weight is 510 g/mol. The van der Waals surface area contributed by atoms with E-state index < -0.39 is 60.2 Å². The maximum atomic E-state index is 13.1. The van der Waals surface area contributed by atoms with Crippen LogP contribution in [0.5, 0.6) is 5.75 Å². The van der Waals surface area contributed by atoms with E-state index in [0.717, 1.165) is 0 Å². The molecule has 13 nitrogen and oxygen atoms in total. The molecule has 0 saturated heterocycles. The largest absolute Gasteiger partial charge is 0.508 e. The number of phenols is 1. The lowest BCUT2D eigenvalue weighted by atomic mass is 10.0. The highest BCUT2D eigenvalue weighted by atomic mass is 16.4. The van der Waals surface area contributed by atoms with Crippen LogP contribution in [0.3, 0.4) is 0 Å². The summed E-state index contributed by atoms with van der Waals surface area (Å²) in [4.78, 5) is 60.5. The Morgan fingerprint density at radius 2 is 1.44 bits per heavy atom. The first-order valence-corrected chi connectivity index (χ1v) is 11.5. The Balaban J connectivity index is 3.07. The molecule has 200 valence electrons. The van der Waals surface area contributed by atoms with Gasteiger partial charge in [0.1, 0.15) is 23.9 Å². The summed E-state index contributed by atoms with van der Waals surface area (Å²) in [5.74, 6) is -4.80. The van der Waals surface area contributed by atoms with E-state index in [9.17, 15) is 29.1 Å². The first kappa shape index (κ1) is 30.3. The lowest BCUT2D eigenvalue weighted by Gasteiger charge is -2.24. The number of unbranched alkanes of at least 4 members (excludes halogenated alkanes) is 1. The topological polar surface area (TPSA) is 234 Å². The smallest absolute Gasteiger partial charge is 0.325 e. The molecule has 10 N–H and O–H groups in total. The van der Waals surface area contributed by atoms with Gasteiger partial charge in [0.25, 0.3) is 0 Å². The third-order valence-electron chi connectivity index (χ3n) is 5.32. The zero-order valence-corrected chi connectivity index (χ0v) is 20.1. The minimum Gasteiger partial charge on any atom is -0.508 e. The Morgan fingerprint density at radius 3 is 2.00 bits per heavy atom. The second-order valence-electron chi connectivity index (χ2n) is 8.38. The number of aliphatic carboxylic acids is 2. The van der Waals surface area contributed by atoms with Crippen molar-refractivity contribution in [3.05, 3.63) is 29.8 Å². The number of benzene rings is 1. The molecule has 0 aliphatic heterocycles. The number of carbonyl (C=O) groups excluding carboxylic acids is 3. The van der Waals surface area contributed by atoms with E-state index in [1.807, 2.05) is 0 Å².